The molecule has 0 heterocycles. The van der Waals surface area contributed by atoms with E-state index in [0.717, 1.165) is 12.3 Å². The fourth-order valence-electron chi connectivity index (χ4n) is 1.32. The molecule has 78 valence electrons. The van der Waals surface area contributed by atoms with Crippen molar-refractivity contribution in [1.82, 2.24) is 0 Å². The van der Waals surface area contributed by atoms with Crippen LogP contribution in [0.5, 0.6) is 0 Å². The van der Waals surface area contributed by atoms with Crippen molar-refractivity contribution < 1.29 is 12.8 Å². The lowest BCUT2D eigenvalue weighted by molar-refractivity contribution is 0.566. The normalized spacial score (nSPS) is 11.6. The van der Waals surface area contributed by atoms with Gasteiger partial charge >= 0.3 is 0 Å². The van der Waals surface area contributed by atoms with Gasteiger partial charge in [-0.2, -0.15) is 0 Å². The Morgan fingerprint density at radius 2 is 2.07 bits per heavy atom. The molecule has 14 heavy (non-hydrogen) atoms. The van der Waals surface area contributed by atoms with Crippen LogP contribution in [0.15, 0.2) is 23.1 Å². The molecule has 1 aromatic rings. The number of hydrogen-bond donors (Lipinski definition) is 1. The van der Waals surface area contributed by atoms with E-state index in [4.69, 9.17) is 5.73 Å². The Kier molecular flexibility index (Phi) is 3.23. The molecule has 3 nitrogen and oxygen atoms in total. The van der Waals surface area contributed by atoms with E-state index >= 15 is 0 Å². The van der Waals surface area contributed by atoms with Crippen molar-refractivity contribution in [3.8, 4) is 0 Å². The maximum Gasteiger partial charge on any atom is 0.178 e. The van der Waals surface area contributed by atoms with Crippen molar-refractivity contribution in [3.63, 3.8) is 0 Å². The van der Waals surface area contributed by atoms with Crippen molar-refractivity contribution in [1.29, 1.82) is 0 Å². The molecule has 0 aliphatic carbocycles. The van der Waals surface area contributed by atoms with Gasteiger partial charge < -0.3 is 5.73 Å². The number of sulfone groups is 1. The molecule has 0 aromatic heterocycles. The first-order valence-corrected chi connectivity index (χ1v) is 6.03. The molecule has 5 heteroatoms. The maximum atomic E-state index is 13.2. The van der Waals surface area contributed by atoms with Crippen molar-refractivity contribution >= 4 is 9.84 Å². The Bertz CT molecular complexity index is 428. The van der Waals surface area contributed by atoms with Crippen LogP contribution in [0.4, 0.5) is 4.39 Å². The van der Waals surface area contributed by atoms with Gasteiger partial charge in [-0.15, -0.1) is 0 Å². The first kappa shape index (κ1) is 11.1. The highest BCUT2D eigenvalue weighted by atomic mass is 32.2. The van der Waals surface area contributed by atoms with Gasteiger partial charge in [0.25, 0.3) is 0 Å². The van der Waals surface area contributed by atoms with E-state index in [2.05, 4.69) is 0 Å². The van der Waals surface area contributed by atoms with Gasteiger partial charge in [0.15, 0.2) is 9.84 Å². The van der Waals surface area contributed by atoms with Crippen LogP contribution in [0.2, 0.25) is 0 Å². The van der Waals surface area contributed by atoms with Crippen LogP contribution >= 0.6 is 0 Å². The van der Waals surface area contributed by atoms with E-state index in [9.17, 15) is 12.8 Å². The predicted octanol–water partition coefficient (Wildman–Crippen LogP) is 0.730. The molecule has 0 bridgehead atoms. The van der Waals surface area contributed by atoms with Crippen molar-refractivity contribution in [2.45, 2.75) is 11.3 Å². The molecule has 1 rings (SSSR count). The van der Waals surface area contributed by atoms with E-state index in [0.29, 0.717) is 18.5 Å². The van der Waals surface area contributed by atoms with Crippen LogP contribution in [0.3, 0.4) is 0 Å². The molecule has 0 spiro atoms. The first-order chi connectivity index (χ1) is 6.46. The van der Waals surface area contributed by atoms with E-state index in [-0.39, 0.29) is 4.90 Å². The Morgan fingerprint density at radius 3 is 2.57 bits per heavy atom. The third kappa shape index (κ3) is 2.30. The average Bonchev–Trinajstić information content (AvgIpc) is 2.02. The van der Waals surface area contributed by atoms with Gasteiger partial charge in [0.1, 0.15) is 10.7 Å². The Balaban J connectivity index is 3.37. The van der Waals surface area contributed by atoms with Crippen LogP contribution in [0.25, 0.3) is 0 Å². The number of halogens is 1. The summed E-state index contributed by atoms with van der Waals surface area (Å²) in [7, 11) is -3.52. The molecule has 0 aliphatic rings. The lowest BCUT2D eigenvalue weighted by Gasteiger charge is -2.07. The highest BCUT2D eigenvalue weighted by Crippen LogP contribution is 2.19. The average molecular weight is 217 g/mol. The third-order valence-corrected chi connectivity index (χ3v) is 3.03. The smallest absolute Gasteiger partial charge is 0.178 e. The van der Waals surface area contributed by atoms with Gasteiger partial charge in [-0.3, -0.25) is 0 Å². The molecule has 2 N–H and O–H groups in total. The Hall–Kier alpha value is -0.940. The van der Waals surface area contributed by atoms with Crippen LogP contribution in [-0.4, -0.2) is 21.2 Å². The second-order valence-corrected chi connectivity index (χ2v) is 4.99. The lowest BCUT2D eigenvalue weighted by atomic mass is 10.1. The van der Waals surface area contributed by atoms with Gasteiger partial charge in [-0.25, -0.2) is 12.8 Å². The third-order valence-electron chi connectivity index (χ3n) is 1.83. The molecule has 0 atom stereocenters. The van der Waals surface area contributed by atoms with Gasteiger partial charge in [-0.1, -0.05) is 12.1 Å². The zero-order chi connectivity index (χ0) is 10.8. The van der Waals surface area contributed by atoms with Gasteiger partial charge in [0.2, 0.25) is 0 Å². The van der Waals surface area contributed by atoms with Crippen LogP contribution < -0.4 is 5.73 Å². The maximum absolute atomic E-state index is 13.2. The Morgan fingerprint density at radius 1 is 1.43 bits per heavy atom. The van der Waals surface area contributed by atoms with Gasteiger partial charge in [0.05, 0.1) is 0 Å². The predicted molar refractivity (Wildman–Crippen MR) is 52.3 cm³/mol. The standard InChI is InChI=1S/C9H12FNO2S/c1-14(12,13)9-7(5-6-11)3-2-4-8(9)10/h2-4H,5-6,11H2,1H3. The first-order valence-electron chi connectivity index (χ1n) is 4.14. The summed E-state index contributed by atoms with van der Waals surface area (Å²) in [5.41, 5.74) is 5.75. The summed E-state index contributed by atoms with van der Waals surface area (Å²) in [4.78, 5) is -0.231. The zero-order valence-electron chi connectivity index (χ0n) is 7.83. The highest BCUT2D eigenvalue weighted by molar-refractivity contribution is 7.90. The molecule has 0 radical (unpaired) electrons. The second kappa shape index (κ2) is 4.06. The van der Waals surface area contributed by atoms with Crippen molar-refractivity contribution in [2.75, 3.05) is 12.8 Å². The summed E-state index contributed by atoms with van der Waals surface area (Å²) in [5.74, 6) is -0.710. The van der Waals surface area contributed by atoms with E-state index in [1.807, 2.05) is 0 Å². The molecule has 0 aliphatic heterocycles. The minimum Gasteiger partial charge on any atom is -0.330 e. The molecule has 0 amide bonds. The summed E-state index contributed by atoms with van der Waals surface area (Å²) < 4.78 is 35.8. The Labute approximate surface area is 82.7 Å². The summed E-state index contributed by atoms with van der Waals surface area (Å²) >= 11 is 0. The molecular weight excluding hydrogens is 205 g/mol. The monoisotopic (exact) mass is 217 g/mol. The number of hydrogen-bond acceptors (Lipinski definition) is 3. The summed E-state index contributed by atoms with van der Waals surface area (Å²) in [6.07, 6.45) is 1.35. The molecule has 0 saturated heterocycles. The van der Waals surface area contributed by atoms with Gasteiger partial charge in [0, 0.05) is 6.26 Å². The molecule has 1 aromatic carbocycles. The summed E-state index contributed by atoms with van der Waals surface area (Å²) in [6, 6.07) is 4.19. The second-order valence-electron chi connectivity index (χ2n) is 3.04. The number of nitrogens with two attached hydrogens (primary N) is 1. The number of rotatable bonds is 3. The number of benzene rings is 1. The van der Waals surface area contributed by atoms with Crippen molar-refractivity contribution in [2.24, 2.45) is 5.73 Å². The largest absolute Gasteiger partial charge is 0.330 e. The van der Waals surface area contributed by atoms with Gasteiger partial charge in [-0.05, 0) is 24.6 Å². The fraction of sp³-hybridized carbons (Fsp3) is 0.333. The van der Waals surface area contributed by atoms with Crippen molar-refractivity contribution in [3.05, 3.63) is 29.6 Å². The molecular formula is C9H12FNO2S. The highest BCUT2D eigenvalue weighted by Gasteiger charge is 2.17. The fourth-order valence-corrected chi connectivity index (χ4v) is 2.39. The van der Waals surface area contributed by atoms with E-state index in [1.54, 1.807) is 6.07 Å². The topological polar surface area (TPSA) is 60.2 Å². The summed E-state index contributed by atoms with van der Waals surface area (Å²) in [6.45, 7) is 0.298. The SMILES string of the molecule is CS(=O)(=O)c1c(F)cccc1CCN. The quantitative estimate of drug-likeness (QED) is 0.812. The van der Waals surface area contributed by atoms with Crippen LogP contribution in [0.1, 0.15) is 5.56 Å². The minimum atomic E-state index is -3.52. The van der Waals surface area contributed by atoms with Crippen LogP contribution in [-0.2, 0) is 16.3 Å². The molecule has 0 unspecified atom stereocenters. The van der Waals surface area contributed by atoms with Crippen LogP contribution in [0, 0.1) is 5.82 Å². The minimum absolute atomic E-state index is 0.231. The van der Waals surface area contributed by atoms with E-state index < -0.39 is 15.7 Å². The summed E-state index contributed by atoms with van der Waals surface area (Å²) in [5, 5.41) is 0. The zero-order valence-corrected chi connectivity index (χ0v) is 8.64. The van der Waals surface area contributed by atoms with E-state index in [1.165, 1.54) is 6.07 Å². The molecule has 0 saturated carbocycles. The molecule has 0 fully saturated rings. The lowest BCUT2D eigenvalue weighted by Crippen LogP contribution is -2.10.